The quantitative estimate of drug-likeness (QED) is 0.622. The van der Waals surface area contributed by atoms with Crippen LogP contribution < -0.4 is 0 Å². The summed E-state index contributed by atoms with van der Waals surface area (Å²) in [5.74, 6) is -0.976. The summed E-state index contributed by atoms with van der Waals surface area (Å²) in [5, 5.41) is 3.53. The molecule has 0 saturated carbocycles. The van der Waals surface area contributed by atoms with Crippen molar-refractivity contribution in [3.05, 3.63) is 52.9 Å². The number of aryl methyl sites for hydroxylation is 1. The van der Waals surface area contributed by atoms with Crippen molar-refractivity contribution in [3.8, 4) is 0 Å². The molecule has 0 radical (unpaired) electrons. The van der Waals surface area contributed by atoms with Gasteiger partial charge in [-0.15, -0.1) is 0 Å². The molecular formula is C14H13NO4. The Kier molecular flexibility index (Phi) is 3.75. The van der Waals surface area contributed by atoms with Gasteiger partial charge in [-0.2, -0.15) is 0 Å². The van der Waals surface area contributed by atoms with Gasteiger partial charge >= 0.3 is 5.97 Å². The summed E-state index contributed by atoms with van der Waals surface area (Å²) in [4.78, 5) is 23.9. The van der Waals surface area contributed by atoms with Gasteiger partial charge in [0.25, 0.3) is 0 Å². The predicted molar refractivity (Wildman–Crippen MR) is 67.1 cm³/mol. The van der Waals surface area contributed by atoms with Gasteiger partial charge in [0.05, 0.1) is 12.2 Å². The molecule has 0 atom stereocenters. The van der Waals surface area contributed by atoms with E-state index in [4.69, 9.17) is 9.26 Å². The Bertz CT molecular complexity index is 598. The summed E-state index contributed by atoms with van der Waals surface area (Å²) in [5.41, 5.74) is 1.54. The average molecular weight is 259 g/mol. The van der Waals surface area contributed by atoms with Crippen LogP contribution in [0.4, 0.5) is 0 Å². The van der Waals surface area contributed by atoms with Crippen molar-refractivity contribution in [1.29, 1.82) is 0 Å². The molecule has 5 heteroatoms. The second-order valence-corrected chi connectivity index (χ2v) is 3.99. The fourth-order valence-corrected chi connectivity index (χ4v) is 1.60. The molecule has 0 saturated heterocycles. The lowest BCUT2D eigenvalue weighted by molar-refractivity contribution is 0.0512. The van der Waals surface area contributed by atoms with Crippen molar-refractivity contribution >= 4 is 11.8 Å². The van der Waals surface area contributed by atoms with Gasteiger partial charge < -0.3 is 9.26 Å². The van der Waals surface area contributed by atoms with Gasteiger partial charge in [0, 0.05) is 5.56 Å². The molecule has 98 valence electrons. The van der Waals surface area contributed by atoms with Crippen molar-refractivity contribution in [1.82, 2.24) is 5.16 Å². The molecule has 0 fully saturated rings. The molecule has 0 amide bonds. The van der Waals surface area contributed by atoms with Crippen LogP contribution in [0.1, 0.15) is 38.9 Å². The highest BCUT2D eigenvalue weighted by Gasteiger charge is 2.23. The van der Waals surface area contributed by atoms with E-state index in [1.807, 2.05) is 19.1 Å². The lowest BCUT2D eigenvalue weighted by atomic mass is 10.0. The Balaban J connectivity index is 2.32. The number of ether oxygens (including phenoxy) is 1. The molecular weight excluding hydrogens is 246 g/mol. The summed E-state index contributed by atoms with van der Waals surface area (Å²) in [7, 11) is 0. The minimum Gasteiger partial charge on any atom is -0.461 e. The average Bonchev–Trinajstić information content (AvgIpc) is 2.88. The fourth-order valence-electron chi connectivity index (χ4n) is 1.60. The maximum atomic E-state index is 12.2. The third kappa shape index (κ3) is 2.70. The Labute approximate surface area is 110 Å². The fraction of sp³-hybridized carbons (Fsp3) is 0.214. The zero-order chi connectivity index (χ0) is 13.8. The lowest BCUT2D eigenvalue weighted by Crippen LogP contribution is -2.11. The third-order valence-corrected chi connectivity index (χ3v) is 2.60. The topological polar surface area (TPSA) is 69.4 Å². The summed E-state index contributed by atoms with van der Waals surface area (Å²) in [6.45, 7) is 3.82. The highest BCUT2D eigenvalue weighted by Crippen LogP contribution is 2.15. The first kappa shape index (κ1) is 13.0. The monoisotopic (exact) mass is 259 g/mol. The number of esters is 1. The summed E-state index contributed by atoms with van der Waals surface area (Å²) < 4.78 is 9.53. The number of benzene rings is 1. The first-order valence-electron chi connectivity index (χ1n) is 5.86. The van der Waals surface area contributed by atoms with Crippen molar-refractivity contribution in [2.45, 2.75) is 13.8 Å². The van der Waals surface area contributed by atoms with E-state index in [0.717, 1.165) is 11.8 Å². The zero-order valence-electron chi connectivity index (χ0n) is 10.7. The smallest absolute Gasteiger partial charge is 0.361 e. The summed E-state index contributed by atoms with van der Waals surface area (Å²) in [6.07, 6.45) is 1.16. The normalized spacial score (nSPS) is 10.2. The van der Waals surface area contributed by atoms with Gasteiger partial charge in [-0.25, -0.2) is 4.79 Å². The predicted octanol–water partition coefficient (Wildman–Crippen LogP) is 2.39. The maximum Gasteiger partial charge on any atom is 0.361 e. The number of rotatable bonds is 4. The van der Waals surface area contributed by atoms with Crippen LogP contribution in [-0.2, 0) is 4.74 Å². The Morgan fingerprint density at radius 2 is 1.95 bits per heavy atom. The largest absolute Gasteiger partial charge is 0.461 e. The molecule has 0 aliphatic rings. The van der Waals surface area contributed by atoms with Crippen LogP contribution in [0, 0.1) is 6.92 Å². The number of hydrogen-bond donors (Lipinski definition) is 0. The standard InChI is InChI=1S/C14H13NO4/c1-3-18-14(17)12-11(8-19-15-12)13(16)10-6-4-9(2)5-7-10/h4-8H,3H2,1-2H3. The van der Waals surface area contributed by atoms with Gasteiger partial charge in [0.2, 0.25) is 5.69 Å². The molecule has 19 heavy (non-hydrogen) atoms. The van der Waals surface area contributed by atoms with Crippen LogP contribution in [0.2, 0.25) is 0 Å². The van der Waals surface area contributed by atoms with E-state index in [9.17, 15) is 9.59 Å². The number of carbonyl (C=O) groups is 2. The van der Waals surface area contributed by atoms with Gasteiger partial charge in [0.1, 0.15) is 6.26 Å². The first-order valence-corrected chi connectivity index (χ1v) is 5.86. The third-order valence-electron chi connectivity index (χ3n) is 2.60. The van der Waals surface area contributed by atoms with Crippen molar-refractivity contribution < 1.29 is 18.8 Å². The molecule has 1 heterocycles. The van der Waals surface area contributed by atoms with Crippen LogP contribution in [-0.4, -0.2) is 23.5 Å². The van der Waals surface area contributed by atoms with Crippen LogP contribution in [0.5, 0.6) is 0 Å². The molecule has 2 aromatic rings. The minimum atomic E-state index is -0.660. The van der Waals surface area contributed by atoms with Gasteiger partial charge in [-0.1, -0.05) is 35.0 Å². The molecule has 5 nitrogen and oxygen atoms in total. The van der Waals surface area contributed by atoms with Crippen LogP contribution in [0.15, 0.2) is 35.1 Å². The minimum absolute atomic E-state index is 0.0903. The molecule has 0 N–H and O–H groups in total. The zero-order valence-corrected chi connectivity index (χ0v) is 10.7. The molecule has 0 aliphatic carbocycles. The molecule has 2 rings (SSSR count). The molecule has 1 aromatic carbocycles. The number of nitrogens with zero attached hydrogens (tertiary/aromatic N) is 1. The van der Waals surface area contributed by atoms with Crippen LogP contribution in [0.25, 0.3) is 0 Å². The summed E-state index contributed by atoms with van der Waals surface area (Å²) >= 11 is 0. The van der Waals surface area contributed by atoms with E-state index < -0.39 is 5.97 Å². The summed E-state index contributed by atoms with van der Waals surface area (Å²) in [6, 6.07) is 7.04. The SMILES string of the molecule is CCOC(=O)c1nocc1C(=O)c1ccc(C)cc1. The molecule has 0 aliphatic heterocycles. The van der Waals surface area contributed by atoms with E-state index in [1.54, 1.807) is 19.1 Å². The van der Waals surface area contributed by atoms with Crippen molar-refractivity contribution in [2.24, 2.45) is 0 Å². The Morgan fingerprint density at radius 3 is 2.58 bits per heavy atom. The van der Waals surface area contributed by atoms with E-state index in [0.29, 0.717) is 5.56 Å². The maximum absolute atomic E-state index is 12.2. The van der Waals surface area contributed by atoms with Gasteiger partial charge in [-0.05, 0) is 13.8 Å². The first-order chi connectivity index (χ1) is 9.13. The molecule has 0 unspecified atom stereocenters. The molecule has 0 spiro atoms. The number of ketones is 1. The van der Waals surface area contributed by atoms with Crippen molar-refractivity contribution in [3.63, 3.8) is 0 Å². The van der Waals surface area contributed by atoms with Gasteiger partial charge in [-0.3, -0.25) is 4.79 Å². The second-order valence-electron chi connectivity index (χ2n) is 3.99. The second kappa shape index (κ2) is 5.48. The molecule has 1 aromatic heterocycles. The highest BCUT2D eigenvalue weighted by atomic mass is 16.5. The van der Waals surface area contributed by atoms with E-state index in [-0.39, 0.29) is 23.6 Å². The van der Waals surface area contributed by atoms with Gasteiger partial charge in [0.15, 0.2) is 5.78 Å². The molecule has 0 bridgehead atoms. The van der Waals surface area contributed by atoms with Crippen LogP contribution in [0.3, 0.4) is 0 Å². The number of hydrogen-bond acceptors (Lipinski definition) is 5. The number of carbonyl (C=O) groups excluding carboxylic acids is 2. The lowest BCUT2D eigenvalue weighted by Gasteiger charge is -2.01. The van der Waals surface area contributed by atoms with Crippen LogP contribution >= 0.6 is 0 Å². The van der Waals surface area contributed by atoms with E-state index in [1.165, 1.54) is 0 Å². The highest BCUT2D eigenvalue weighted by molar-refractivity contribution is 6.13. The Morgan fingerprint density at radius 1 is 1.26 bits per heavy atom. The van der Waals surface area contributed by atoms with Crippen molar-refractivity contribution in [2.75, 3.05) is 6.61 Å². The Hall–Kier alpha value is -2.43. The van der Waals surface area contributed by atoms with E-state index >= 15 is 0 Å². The number of aromatic nitrogens is 1. The van der Waals surface area contributed by atoms with E-state index in [2.05, 4.69) is 5.16 Å².